The molecule has 0 fully saturated rings. The molecule has 132 valence electrons. The second kappa shape index (κ2) is 8.20. The second-order valence-corrected chi connectivity index (χ2v) is 8.74. The Balaban J connectivity index is 1.96. The van der Waals surface area contributed by atoms with Crippen molar-refractivity contribution >= 4 is 33.3 Å². The highest BCUT2D eigenvalue weighted by atomic mass is 32.2. The van der Waals surface area contributed by atoms with Gasteiger partial charge in [0.25, 0.3) is 5.56 Å². The van der Waals surface area contributed by atoms with Crippen LogP contribution < -0.4 is 5.56 Å². The maximum absolute atomic E-state index is 13.1. The number of hydrogen-bond donors (Lipinski definition) is 0. The van der Waals surface area contributed by atoms with Crippen LogP contribution in [0.2, 0.25) is 0 Å². The van der Waals surface area contributed by atoms with Gasteiger partial charge in [-0.2, -0.15) is 5.26 Å². The summed E-state index contributed by atoms with van der Waals surface area (Å²) < 4.78 is 1.76. The molecule has 0 saturated heterocycles. The topological polar surface area (TPSA) is 58.7 Å². The van der Waals surface area contributed by atoms with Gasteiger partial charge in [0, 0.05) is 23.6 Å². The minimum atomic E-state index is 0.0801. The zero-order valence-corrected chi connectivity index (χ0v) is 16.2. The summed E-state index contributed by atoms with van der Waals surface area (Å²) in [7, 11) is 0. The highest BCUT2D eigenvalue weighted by Crippen LogP contribution is 2.36. The Kier molecular flexibility index (Phi) is 5.98. The van der Waals surface area contributed by atoms with Crippen LogP contribution in [0.3, 0.4) is 0 Å². The normalized spacial score (nSPS) is 16.6. The van der Waals surface area contributed by atoms with Gasteiger partial charge >= 0.3 is 0 Å². The van der Waals surface area contributed by atoms with E-state index < -0.39 is 0 Å². The molecule has 1 aliphatic carbocycles. The highest BCUT2D eigenvalue weighted by Gasteiger charge is 2.24. The average molecular weight is 374 g/mol. The lowest BCUT2D eigenvalue weighted by Gasteiger charge is -2.17. The van der Waals surface area contributed by atoms with Gasteiger partial charge in [0.1, 0.15) is 4.83 Å². The third-order valence-corrected chi connectivity index (χ3v) is 6.82. The van der Waals surface area contributed by atoms with Crippen molar-refractivity contribution in [3.63, 3.8) is 0 Å². The number of thioether (sulfide) groups is 1. The first-order valence-electron chi connectivity index (χ1n) is 8.81. The molecule has 1 aliphatic rings. The number of aryl methyl sites for hydroxylation is 1. The van der Waals surface area contributed by atoms with E-state index in [4.69, 9.17) is 10.2 Å². The largest absolute Gasteiger partial charge is 0.283 e. The molecule has 0 radical (unpaired) electrons. The quantitative estimate of drug-likeness (QED) is 0.309. The summed E-state index contributed by atoms with van der Waals surface area (Å²) in [5, 5.41) is 10.2. The summed E-state index contributed by atoms with van der Waals surface area (Å²) in [5.74, 6) is 1.56. The van der Waals surface area contributed by atoms with Gasteiger partial charge in [-0.25, -0.2) is 4.98 Å². The maximum Gasteiger partial charge on any atom is 0.263 e. The molecule has 25 heavy (non-hydrogen) atoms. The van der Waals surface area contributed by atoms with Gasteiger partial charge in [0.15, 0.2) is 5.16 Å². The van der Waals surface area contributed by atoms with Crippen molar-refractivity contribution in [3.8, 4) is 6.07 Å². The first kappa shape index (κ1) is 18.2. The van der Waals surface area contributed by atoms with Crippen LogP contribution in [0, 0.1) is 17.2 Å². The van der Waals surface area contributed by atoms with E-state index in [1.807, 2.05) is 0 Å². The average Bonchev–Trinajstić information content (AvgIpc) is 2.95. The second-order valence-electron chi connectivity index (χ2n) is 6.59. The lowest BCUT2D eigenvalue weighted by Crippen LogP contribution is -2.23. The first-order chi connectivity index (χ1) is 12.2. The predicted octanol–water partition coefficient (Wildman–Crippen LogP) is 4.55. The maximum atomic E-state index is 13.1. The summed E-state index contributed by atoms with van der Waals surface area (Å²) in [6, 6.07) is 2.17. The lowest BCUT2D eigenvalue weighted by molar-refractivity contribution is 0.509. The molecule has 0 bridgehead atoms. The van der Waals surface area contributed by atoms with Crippen LogP contribution in [-0.2, 0) is 19.4 Å². The van der Waals surface area contributed by atoms with E-state index in [2.05, 4.69) is 19.6 Å². The predicted molar refractivity (Wildman–Crippen MR) is 105 cm³/mol. The van der Waals surface area contributed by atoms with Crippen LogP contribution in [0.15, 0.2) is 22.6 Å². The molecule has 6 heteroatoms. The van der Waals surface area contributed by atoms with Crippen molar-refractivity contribution in [1.82, 2.24) is 9.55 Å². The Morgan fingerprint density at radius 3 is 3.12 bits per heavy atom. The summed E-state index contributed by atoms with van der Waals surface area (Å²) >= 11 is 3.31. The van der Waals surface area contributed by atoms with Crippen molar-refractivity contribution in [3.05, 3.63) is 33.4 Å². The van der Waals surface area contributed by atoms with Gasteiger partial charge < -0.3 is 0 Å². The van der Waals surface area contributed by atoms with Crippen LogP contribution in [0.25, 0.3) is 10.2 Å². The minimum absolute atomic E-state index is 0.0801. The van der Waals surface area contributed by atoms with Crippen molar-refractivity contribution in [1.29, 1.82) is 5.26 Å². The zero-order chi connectivity index (χ0) is 17.8. The van der Waals surface area contributed by atoms with E-state index in [9.17, 15) is 4.79 Å². The number of aromatic nitrogens is 2. The third-order valence-electron chi connectivity index (χ3n) is 4.61. The summed E-state index contributed by atoms with van der Waals surface area (Å²) in [5.41, 5.74) is 1.32. The van der Waals surface area contributed by atoms with E-state index in [1.165, 1.54) is 10.4 Å². The van der Waals surface area contributed by atoms with Crippen LogP contribution in [-0.4, -0.2) is 15.3 Å². The fraction of sp³-hybridized carbons (Fsp3) is 0.526. The third kappa shape index (κ3) is 3.83. The fourth-order valence-electron chi connectivity index (χ4n) is 3.27. The first-order valence-corrected chi connectivity index (χ1v) is 10.6. The minimum Gasteiger partial charge on any atom is -0.283 e. The number of thiophene rings is 1. The molecule has 2 heterocycles. The Morgan fingerprint density at radius 1 is 1.52 bits per heavy atom. The number of hydrogen-bond acceptors (Lipinski definition) is 5. The van der Waals surface area contributed by atoms with Crippen molar-refractivity contribution in [2.45, 2.75) is 57.1 Å². The van der Waals surface area contributed by atoms with E-state index in [1.54, 1.807) is 33.7 Å². The van der Waals surface area contributed by atoms with Gasteiger partial charge in [0.05, 0.1) is 11.5 Å². The van der Waals surface area contributed by atoms with Gasteiger partial charge in [-0.3, -0.25) is 9.36 Å². The highest BCUT2D eigenvalue weighted by molar-refractivity contribution is 7.99. The molecule has 0 aliphatic heterocycles. The van der Waals surface area contributed by atoms with Crippen molar-refractivity contribution in [2.75, 3.05) is 5.75 Å². The van der Waals surface area contributed by atoms with Crippen molar-refractivity contribution < 1.29 is 0 Å². The van der Waals surface area contributed by atoms with Crippen molar-refractivity contribution in [2.24, 2.45) is 5.92 Å². The monoisotopic (exact) mass is 373 g/mol. The van der Waals surface area contributed by atoms with Crippen LogP contribution in [0.5, 0.6) is 0 Å². The van der Waals surface area contributed by atoms with E-state index in [-0.39, 0.29) is 5.56 Å². The van der Waals surface area contributed by atoms with Crippen LogP contribution >= 0.6 is 23.1 Å². The molecule has 0 aromatic carbocycles. The summed E-state index contributed by atoms with van der Waals surface area (Å²) in [6.07, 6.45) is 7.39. The number of unbranched alkanes of at least 4 members (excludes halogenated alkanes) is 2. The summed E-state index contributed by atoms with van der Waals surface area (Å²) in [6.45, 7) is 6.56. The zero-order valence-electron chi connectivity index (χ0n) is 14.6. The smallest absolute Gasteiger partial charge is 0.263 e. The molecular weight excluding hydrogens is 350 g/mol. The lowest BCUT2D eigenvalue weighted by atomic mass is 9.89. The molecular formula is C19H23N3OS2. The molecule has 0 spiro atoms. The number of nitrogens with zero attached hydrogens (tertiary/aromatic N) is 3. The molecule has 1 atom stereocenters. The number of allylic oxidation sites excluding steroid dienone is 1. The molecule has 0 unspecified atom stereocenters. The van der Waals surface area contributed by atoms with E-state index in [0.29, 0.717) is 18.9 Å². The SMILES string of the molecule is C=CCn1c(SCCCCC#N)nc2sc3c(c2c1=O)CC[C@@H](C)C3. The fourth-order valence-corrected chi connectivity index (χ4v) is 5.71. The number of nitriles is 1. The van der Waals surface area contributed by atoms with E-state index in [0.717, 1.165) is 53.2 Å². The molecule has 2 aromatic rings. The Labute approximate surface area is 156 Å². The standard InChI is InChI=1S/C19H23N3OS2/c1-3-10-22-18(23)16-14-8-7-13(2)12-15(14)25-17(16)21-19(22)24-11-6-4-5-9-20/h3,13H,1,4-8,10-12H2,2H3/t13-/m1/s1. The summed E-state index contributed by atoms with van der Waals surface area (Å²) in [4.78, 5) is 20.2. The molecule has 3 rings (SSSR count). The van der Waals surface area contributed by atoms with Gasteiger partial charge in [-0.15, -0.1) is 17.9 Å². The van der Waals surface area contributed by atoms with Gasteiger partial charge in [-0.05, 0) is 43.6 Å². The Bertz CT molecular complexity index is 875. The molecule has 0 amide bonds. The van der Waals surface area contributed by atoms with Gasteiger partial charge in [0.2, 0.25) is 0 Å². The molecule has 0 N–H and O–H groups in total. The number of fused-ring (bicyclic) bond motifs is 3. The Hall–Kier alpha value is -1.58. The van der Waals surface area contributed by atoms with Crippen LogP contribution in [0.4, 0.5) is 0 Å². The number of rotatable bonds is 7. The van der Waals surface area contributed by atoms with Crippen LogP contribution in [0.1, 0.15) is 43.0 Å². The van der Waals surface area contributed by atoms with Gasteiger partial charge in [-0.1, -0.05) is 24.8 Å². The van der Waals surface area contributed by atoms with E-state index >= 15 is 0 Å². The molecule has 4 nitrogen and oxygen atoms in total. The molecule has 2 aromatic heterocycles. The Morgan fingerprint density at radius 2 is 2.36 bits per heavy atom. The molecule has 0 saturated carbocycles.